The van der Waals surface area contributed by atoms with E-state index in [1.54, 1.807) is 19.1 Å². The summed E-state index contributed by atoms with van der Waals surface area (Å²) in [5.74, 6) is 0.445. The van der Waals surface area contributed by atoms with Gasteiger partial charge < -0.3 is 9.47 Å². The number of halogens is 1. The van der Waals surface area contributed by atoms with Crippen molar-refractivity contribution in [2.75, 3.05) is 6.61 Å². The van der Waals surface area contributed by atoms with E-state index in [4.69, 9.17) is 21.1 Å². The van der Waals surface area contributed by atoms with Crippen molar-refractivity contribution in [1.82, 2.24) is 0 Å². The van der Waals surface area contributed by atoms with E-state index in [9.17, 15) is 4.79 Å². The van der Waals surface area contributed by atoms with Crippen LogP contribution in [0.5, 0.6) is 5.75 Å². The number of benzene rings is 3. The molecule has 0 saturated carbocycles. The fraction of sp³-hybridized carbons (Fsp3) is 0.344. The first kappa shape index (κ1) is 26.0. The SMILES string of the molecule is CCOC(=O)c1ccc(/C=C/C(Oc2ccc(Cl)cc2)c2ccc3c(c2)C(C)(C)CCC3(C)C)cc1. The average molecular weight is 503 g/mol. The lowest BCUT2D eigenvalue weighted by molar-refractivity contribution is 0.0526. The Morgan fingerprint density at radius 2 is 1.56 bits per heavy atom. The molecule has 0 heterocycles. The molecule has 0 amide bonds. The topological polar surface area (TPSA) is 35.5 Å². The van der Waals surface area contributed by atoms with Gasteiger partial charge in [-0.1, -0.05) is 75.7 Å². The summed E-state index contributed by atoms with van der Waals surface area (Å²) in [6.45, 7) is 11.5. The summed E-state index contributed by atoms with van der Waals surface area (Å²) in [6, 6.07) is 21.7. The Morgan fingerprint density at radius 1 is 0.917 bits per heavy atom. The molecule has 188 valence electrons. The third kappa shape index (κ3) is 5.84. The van der Waals surface area contributed by atoms with Gasteiger partial charge in [0, 0.05) is 5.02 Å². The minimum absolute atomic E-state index is 0.109. The molecule has 1 unspecified atom stereocenters. The van der Waals surface area contributed by atoms with Gasteiger partial charge in [-0.25, -0.2) is 4.79 Å². The number of carbonyl (C=O) groups is 1. The van der Waals surface area contributed by atoms with Crippen molar-refractivity contribution < 1.29 is 14.3 Å². The fourth-order valence-electron chi connectivity index (χ4n) is 4.80. The summed E-state index contributed by atoms with van der Waals surface area (Å²) in [4.78, 5) is 12.0. The zero-order chi connectivity index (χ0) is 25.9. The molecule has 0 radical (unpaired) electrons. The first-order chi connectivity index (χ1) is 17.1. The van der Waals surface area contributed by atoms with Crippen molar-refractivity contribution in [1.29, 1.82) is 0 Å². The fourth-order valence-corrected chi connectivity index (χ4v) is 4.93. The van der Waals surface area contributed by atoms with Gasteiger partial charge in [0.05, 0.1) is 12.2 Å². The maximum absolute atomic E-state index is 12.0. The molecule has 0 fully saturated rings. The summed E-state index contributed by atoms with van der Waals surface area (Å²) in [6.07, 6.45) is 6.14. The molecule has 0 aliphatic heterocycles. The average Bonchev–Trinajstić information content (AvgIpc) is 2.86. The molecule has 0 bridgehead atoms. The number of ether oxygens (including phenoxy) is 2. The molecule has 1 aliphatic carbocycles. The highest BCUT2D eigenvalue weighted by atomic mass is 35.5. The number of hydrogen-bond donors (Lipinski definition) is 0. The second-order valence-corrected chi connectivity index (χ2v) is 11.2. The quantitative estimate of drug-likeness (QED) is 0.303. The van der Waals surface area contributed by atoms with Gasteiger partial charge in [-0.15, -0.1) is 0 Å². The Kier molecular flexibility index (Phi) is 7.61. The Bertz CT molecular complexity index is 1240. The molecule has 3 aromatic rings. The van der Waals surface area contributed by atoms with Crippen LogP contribution in [0.1, 0.15) is 86.2 Å². The van der Waals surface area contributed by atoms with Crippen LogP contribution in [0.2, 0.25) is 5.02 Å². The van der Waals surface area contributed by atoms with Crippen LogP contribution in [-0.2, 0) is 15.6 Å². The monoisotopic (exact) mass is 502 g/mol. The molecule has 3 aromatic carbocycles. The van der Waals surface area contributed by atoms with E-state index in [0.29, 0.717) is 17.2 Å². The molecule has 4 heteroatoms. The zero-order valence-electron chi connectivity index (χ0n) is 21.8. The van der Waals surface area contributed by atoms with Gasteiger partial charge in [0.25, 0.3) is 0 Å². The van der Waals surface area contributed by atoms with Crippen LogP contribution in [0.15, 0.2) is 72.8 Å². The molecule has 3 nitrogen and oxygen atoms in total. The smallest absolute Gasteiger partial charge is 0.338 e. The largest absolute Gasteiger partial charge is 0.482 e. The maximum atomic E-state index is 12.0. The van der Waals surface area contributed by atoms with E-state index < -0.39 is 0 Å². The van der Waals surface area contributed by atoms with E-state index in [1.807, 2.05) is 42.5 Å². The summed E-state index contributed by atoms with van der Waals surface area (Å²) in [5, 5.41) is 0.675. The summed E-state index contributed by atoms with van der Waals surface area (Å²) >= 11 is 6.10. The Hall–Kier alpha value is -3.04. The molecule has 36 heavy (non-hydrogen) atoms. The van der Waals surface area contributed by atoms with Crippen LogP contribution in [-0.4, -0.2) is 12.6 Å². The van der Waals surface area contributed by atoms with Crippen LogP contribution in [0.3, 0.4) is 0 Å². The van der Waals surface area contributed by atoms with Crippen molar-refractivity contribution in [2.24, 2.45) is 0 Å². The van der Waals surface area contributed by atoms with Crippen LogP contribution in [0, 0.1) is 0 Å². The number of fused-ring (bicyclic) bond motifs is 1. The first-order valence-corrected chi connectivity index (χ1v) is 13.0. The summed E-state index contributed by atoms with van der Waals surface area (Å²) in [7, 11) is 0. The minimum atomic E-state index is -0.309. The standard InChI is InChI=1S/C32H35ClO3/c1-6-35-30(34)23-10-7-22(8-11-23)9-18-29(36-26-15-13-25(33)14-16-26)24-12-17-27-28(21-24)32(4,5)20-19-31(27,2)3/h7-18,21,29H,6,19-20H2,1-5H3/b18-9+. The second kappa shape index (κ2) is 10.5. The van der Waals surface area contributed by atoms with Gasteiger partial charge in [0.15, 0.2) is 0 Å². The highest BCUT2D eigenvalue weighted by molar-refractivity contribution is 6.30. The number of carbonyl (C=O) groups excluding carboxylic acids is 1. The molecule has 4 rings (SSSR count). The van der Waals surface area contributed by atoms with Crippen molar-refractivity contribution in [3.8, 4) is 5.75 Å². The van der Waals surface area contributed by atoms with Gasteiger partial charge in [-0.05, 0) is 95.3 Å². The Balaban J connectivity index is 1.68. The molecule has 0 saturated heterocycles. The third-order valence-electron chi connectivity index (χ3n) is 7.17. The van der Waals surface area contributed by atoms with Gasteiger partial charge in [-0.2, -0.15) is 0 Å². The Morgan fingerprint density at radius 3 is 2.19 bits per heavy atom. The lowest BCUT2D eigenvalue weighted by Gasteiger charge is -2.42. The van der Waals surface area contributed by atoms with Gasteiger partial charge >= 0.3 is 5.97 Å². The van der Waals surface area contributed by atoms with Gasteiger partial charge in [-0.3, -0.25) is 0 Å². The zero-order valence-corrected chi connectivity index (χ0v) is 22.6. The van der Waals surface area contributed by atoms with Crippen LogP contribution >= 0.6 is 11.6 Å². The van der Waals surface area contributed by atoms with Crippen molar-refractivity contribution in [2.45, 2.75) is 64.4 Å². The summed E-state index contributed by atoms with van der Waals surface area (Å²) in [5.41, 5.74) is 5.72. The molecule has 0 aromatic heterocycles. The first-order valence-electron chi connectivity index (χ1n) is 12.6. The van der Waals surface area contributed by atoms with E-state index in [-0.39, 0.29) is 22.9 Å². The van der Waals surface area contributed by atoms with Crippen molar-refractivity contribution in [3.05, 3.63) is 106 Å². The van der Waals surface area contributed by atoms with E-state index >= 15 is 0 Å². The maximum Gasteiger partial charge on any atom is 0.338 e. The number of hydrogen-bond acceptors (Lipinski definition) is 3. The lowest BCUT2D eigenvalue weighted by Crippen LogP contribution is -2.34. The van der Waals surface area contributed by atoms with Gasteiger partial charge in [0.1, 0.15) is 11.9 Å². The molecular formula is C32H35ClO3. The molecule has 1 atom stereocenters. The lowest BCUT2D eigenvalue weighted by atomic mass is 9.63. The molecule has 0 N–H and O–H groups in total. The van der Waals surface area contributed by atoms with E-state index in [2.05, 4.69) is 52.0 Å². The normalized spacial score (nSPS) is 16.8. The Labute approximate surface area is 220 Å². The second-order valence-electron chi connectivity index (χ2n) is 10.8. The number of rotatable bonds is 7. The third-order valence-corrected chi connectivity index (χ3v) is 7.42. The van der Waals surface area contributed by atoms with Crippen molar-refractivity contribution in [3.63, 3.8) is 0 Å². The predicted octanol–water partition coefficient (Wildman–Crippen LogP) is 8.70. The van der Waals surface area contributed by atoms with Crippen LogP contribution < -0.4 is 4.74 Å². The summed E-state index contributed by atoms with van der Waals surface area (Å²) < 4.78 is 11.6. The van der Waals surface area contributed by atoms with E-state index in [0.717, 1.165) is 23.3 Å². The predicted molar refractivity (Wildman–Crippen MR) is 148 cm³/mol. The van der Waals surface area contributed by atoms with Gasteiger partial charge in [0.2, 0.25) is 0 Å². The molecule has 0 spiro atoms. The van der Waals surface area contributed by atoms with Crippen LogP contribution in [0.25, 0.3) is 6.08 Å². The van der Waals surface area contributed by atoms with Crippen molar-refractivity contribution >= 4 is 23.6 Å². The highest BCUT2D eigenvalue weighted by Crippen LogP contribution is 2.46. The van der Waals surface area contributed by atoms with Crippen LogP contribution in [0.4, 0.5) is 0 Å². The highest BCUT2D eigenvalue weighted by Gasteiger charge is 2.37. The number of esters is 1. The molecular weight excluding hydrogens is 468 g/mol. The minimum Gasteiger partial charge on any atom is -0.482 e. The van der Waals surface area contributed by atoms with E-state index in [1.165, 1.54) is 17.5 Å². The molecule has 1 aliphatic rings.